The summed E-state index contributed by atoms with van der Waals surface area (Å²) in [5.74, 6) is 1.19. The van der Waals surface area contributed by atoms with Crippen LogP contribution in [0.25, 0.3) is 11.5 Å². The lowest BCUT2D eigenvalue weighted by atomic mass is 10.2. The van der Waals surface area contributed by atoms with Gasteiger partial charge in [-0.3, -0.25) is 0 Å². The molecule has 1 heterocycles. The van der Waals surface area contributed by atoms with Crippen molar-refractivity contribution in [2.24, 2.45) is 0 Å². The van der Waals surface area contributed by atoms with Gasteiger partial charge in [0.2, 0.25) is 0 Å². The minimum atomic E-state index is 0.188. The van der Waals surface area contributed by atoms with Crippen LogP contribution >= 0.6 is 0 Å². The first-order valence-electron chi connectivity index (χ1n) is 3.85. The number of phenols is 1. The summed E-state index contributed by atoms with van der Waals surface area (Å²) in [5, 5.41) is 12.8. The Hall–Kier alpha value is -1.84. The standard InChI is InChI=1S/C9H8N2O2/c1-6-10-9(13-11-6)7-3-2-4-8(12)5-7/h2-5,12H,1H3. The highest BCUT2D eigenvalue weighted by atomic mass is 16.5. The van der Waals surface area contributed by atoms with Crippen LogP contribution in [0.4, 0.5) is 0 Å². The number of nitrogens with zero attached hydrogens (tertiary/aromatic N) is 2. The first kappa shape index (κ1) is 7.79. The highest BCUT2D eigenvalue weighted by Gasteiger charge is 2.05. The van der Waals surface area contributed by atoms with Crippen molar-refractivity contribution < 1.29 is 9.63 Å². The van der Waals surface area contributed by atoms with Crippen LogP contribution in [0.3, 0.4) is 0 Å². The third kappa shape index (κ3) is 1.51. The number of hydrogen-bond acceptors (Lipinski definition) is 4. The molecule has 0 spiro atoms. The Morgan fingerprint density at radius 2 is 2.23 bits per heavy atom. The first-order chi connectivity index (χ1) is 6.25. The molecule has 0 bridgehead atoms. The number of phenolic OH excluding ortho intramolecular Hbond substituents is 1. The molecular formula is C9H8N2O2. The van der Waals surface area contributed by atoms with E-state index in [1.54, 1.807) is 31.2 Å². The van der Waals surface area contributed by atoms with Crippen molar-refractivity contribution in [2.75, 3.05) is 0 Å². The van der Waals surface area contributed by atoms with E-state index in [1.165, 1.54) is 0 Å². The summed E-state index contributed by atoms with van der Waals surface area (Å²) in [6.07, 6.45) is 0. The van der Waals surface area contributed by atoms with Crippen molar-refractivity contribution in [3.63, 3.8) is 0 Å². The lowest BCUT2D eigenvalue weighted by Gasteiger charge is -1.93. The van der Waals surface area contributed by atoms with E-state index in [9.17, 15) is 5.11 Å². The van der Waals surface area contributed by atoms with Crippen LogP contribution in [0, 0.1) is 6.92 Å². The molecule has 1 N–H and O–H groups in total. The summed E-state index contributed by atoms with van der Waals surface area (Å²) in [7, 11) is 0. The topological polar surface area (TPSA) is 59.2 Å². The maximum atomic E-state index is 9.19. The molecular weight excluding hydrogens is 168 g/mol. The van der Waals surface area contributed by atoms with Crippen LogP contribution in [-0.2, 0) is 0 Å². The van der Waals surface area contributed by atoms with E-state index < -0.39 is 0 Å². The smallest absolute Gasteiger partial charge is 0.258 e. The maximum Gasteiger partial charge on any atom is 0.258 e. The molecule has 0 saturated carbocycles. The van der Waals surface area contributed by atoms with Gasteiger partial charge in [-0.25, -0.2) is 0 Å². The summed E-state index contributed by atoms with van der Waals surface area (Å²) >= 11 is 0. The molecule has 0 unspecified atom stereocenters. The van der Waals surface area contributed by atoms with E-state index in [4.69, 9.17) is 4.52 Å². The molecule has 0 radical (unpaired) electrons. The number of aromatic hydroxyl groups is 1. The van der Waals surface area contributed by atoms with Crippen LogP contribution in [0.15, 0.2) is 28.8 Å². The number of hydrogen-bond donors (Lipinski definition) is 1. The quantitative estimate of drug-likeness (QED) is 0.719. The van der Waals surface area contributed by atoms with Gasteiger partial charge in [-0.2, -0.15) is 4.98 Å². The molecule has 2 aromatic rings. The Kier molecular flexibility index (Phi) is 1.73. The van der Waals surface area contributed by atoms with Gasteiger partial charge in [-0.05, 0) is 25.1 Å². The predicted octanol–water partition coefficient (Wildman–Crippen LogP) is 1.75. The van der Waals surface area contributed by atoms with Gasteiger partial charge < -0.3 is 9.63 Å². The molecule has 0 fully saturated rings. The van der Waals surface area contributed by atoms with E-state index in [1.807, 2.05) is 0 Å². The molecule has 66 valence electrons. The van der Waals surface area contributed by atoms with Crippen molar-refractivity contribution in [1.82, 2.24) is 10.1 Å². The summed E-state index contributed by atoms with van der Waals surface area (Å²) in [6, 6.07) is 6.69. The normalized spacial score (nSPS) is 10.2. The van der Waals surface area contributed by atoms with Crippen molar-refractivity contribution >= 4 is 0 Å². The van der Waals surface area contributed by atoms with Gasteiger partial charge >= 0.3 is 0 Å². The Labute approximate surface area is 74.8 Å². The number of aromatic nitrogens is 2. The Balaban J connectivity index is 2.46. The Morgan fingerprint density at radius 3 is 2.85 bits per heavy atom. The number of benzene rings is 1. The second-order valence-corrected chi connectivity index (χ2v) is 2.70. The molecule has 0 atom stereocenters. The molecule has 0 aliphatic heterocycles. The average molecular weight is 176 g/mol. The van der Waals surface area contributed by atoms with Gasteiger partial charge in [-0.1, -0.05) is 11.2 Å². The summed E-state index contributed by atoms with van der Waals surface area (Å²) < 4.78 is 4.93. The zero-order valence-electron chi connectivity index (χ0n) is 7.06. The molecule has 0 aliphatic carbocycles. The predicted molar refractivity (Wildman–Crippen MR) is 46.1 cm³/mol. The van der Waals surface area contributed by atoms with Crippen molar-refractivity contribution in [2.45, 2.75) is 6.92 Å². The molecule has 1 aromatic carbocycles. The maximum absolute atomic E-state index is 9.19. The fourth-order valence-electron chi connectivity index (χ4n) is 1.05. The van der Waals surface area contributed by atoms with E-state index in [2.05, 4.69) is 10.1 Å². The van der Waals surface area contributed by atoms with E-state index in [-0.39, 0.29) is 5.75 Å². The zero-order chi connectivity index (χ0) is 9.26. The van der Waals surface area contributed by atoms with Crippen molar-refractivity contribution in [3.05, 3.63) is 30.1 Å². The summed E-state index contributed by atoms with van der Waals surface area (Å²) in [4.78, 5) is 4.03. The monoisotopic (exact) mass is 176 g/mol. The van der Waals surface area contributed by atoms with E-state index in [0.29, 0.717) is 11.7 Å². The highest BCUT2D eigenvalue weighted by Crippen LogP contribution is 2.20. The van der Waals surface area contributed by atoms with Crippen LogP contribution in [0.5, 0.6) is 5.75 Å². The lowest BCUT2D eigenvalue weighted by Crippen LogP contribution is -1.77. The van der Waals surface area contributed by atoms with Gasteiger partial charge in [0, 0.05) is 5.56 Å². The second kappa shape index (κ2) is 2.90. The fraction of sp³-hybridized carbons (Fsp3) is 0.111. The summed E-state index contributed by atoms with van der Waals surface area (Å²) in [5.41, 5.74) is 0.723. The van der Waals surface area contributed by atoms with Crippen LogP contribution in [-0.4, -0.2) is 15.2 Å². The van der Waals surface area contributed by atoms with E-state index in [0.717, 1.165) is 5.56 Å². The number of aryl methyl sites for hydroxylation is 1. The SMILES string of the molecule is Cc1noc(-c2cccc(O)c2)n1. The fourth-order valence-corrected chi connectivity index (χ4v) is 1.05. The number of rotatable bonds is 1. The van der Waals surface area contributed by atoms with Crippen molar-refractivity contribution in [1.29, 1.82) is 0 Å². The second-order valence-electron chi connectivity index (χ2n) is 2.70. The Morgan fingerprint density at radius 1 is 1.38 bits per heavy atom. The van der Waals surface area contributed by atoms with Crippen LogP contribution in [0.2, 0.25) is 0 Å². The summed E-state index contributed by atoms with van der Waals surface area (Å²) in [6.45, 7) is 1.75. The molecule has 0 aliphatic rings. The van der Waals surface area contributed by atoms with Gasteiger partial charge in [0.15, 0.2) is 5.82 Å². The largest absolute Gasteiger partial charge is 0.508 e. The van der Waals surface area contributed by atoms with Gasteiger partial charge in [-0.15, -0.1) is 0 Å². The lowest BCUT2D eigenvalue weighted by molar-refractivity contribution is 0.425. The molecule has 0 saturated heterocycles. The third-order valence-electron chi connectivity index (χ3n) is 1.62. The Bertz CT molecular complexity index is 423. The van der Waals surface area contributed by atoms with Crippen molar-refractivity contribution in [3.8, 4) is 17.2 Å². The molecule has 4 nitrogen and oxygen atoms in total. The minimum absolute atomic E-state index is 0.188. The third-order valence-corrected chi connectivity index (χ3v) is 1.62. The van der Waals surface area contributed by atoms with Gasteiger partial charge in [0.05, 0.1) is 0 Å². The highest BCUT2D eigenvalue weighted by molar-refractivity contribution is 5.55. The molecule has 2 rings (SSSR count). The first-order valence-corrected chi connectivity index (χ1v) is 3.85. The zero-order valence-corrected chi connectivity index (χ0v) is 7.06. The van der Waals surface area contributed by atoms with Crippen LogP contribution < -0.4 is 0 Å². The molecule has 0 amide bonds. The molecule has 4 heteroatoms. The molecule has 13 heavy (non-hydrogen) atoms. The van der Waals surface area contributed by atoms with Gasteiger partial charge in [0.25, 0.3) is 5.89 Å². The average Bonchev–Trinajstić information content (AvgIpc) is 2.52. The van der Waals surface area contributed by atoms with Gasteiger partial charge in [0.1, 0.15) is 5.75 Å². The molecule has 1 aromatic heterocycles. The van der Waals surface area contributed by atoms with Crippen LogP contribution in [0.1, 0.15) is 5.82 Å². The van der Waals surface area contributed by atoms with E-state index >= 15 is 0 Å². The minimum Gasteiger partial charge on any atom is -0.508 e.